The molecule has 1 heterocycles. The molecule has 0 spiro atoms. The van der Waals surface area contributed by atoms with Crippen LogP contribution < -0.4 is 5.48 Å². The summed E-state index contributed by atoms with van der Waals surface area (Å²) in [6.45, 7) is 0.0676. The number of amides is 2. The van der Waals surface area contributed by atoms with Gasteiger partial charge in [0.1, 0.15) is 11.2 Å². The van der Waals surface area contributed by atoms with Crippen LogP contribution in [0.1, 0.15) is 5.56 Å². The van der Waals surface area contributed by atoms with Crippen molar-refractivity contribution in [3.8, 4) is 0 Å². The lowest BCUT2D eigenvalue weighted by atomic mass is 10.1. The van der Waals surface area contributed by atoms with E-state index in [-0.39, 0.29) is 6.54 Å². The maximum Gasteiger partial charge on any atom is 0.364 e. The van der Waals surface area contributed by atoms with Crippen LogP contribution >= 0.6 is 0 Å². The Morgan fingerprint density at radius 2 is 1.90 bits per heavy atom. The van der Waals surface area contributed by atoms with Gasteiger partial charge in [0.05, 0.1) is 6.54 Å². The van der Waals surface area contributed by atoms with Crippen LogP contribution in [-0.4, -0.2) is 28.1 Å². The molecule has 3 N–H and O–H groups in total. The Morgan fingerprint density at radius 1 is 1.14 bits per heavy atom. The summed E-state index contributed by atoms with van der Waals surface area (Å²) in [7, 11) is 0. The van der Waals surface area contributed by atoms with Crippen LogP contribution in [0.5, 0.6) is 0 Å². The maximum absolute atomic E-state index is 11.0. The number of carbonyl (C=O) groups excluding carboxylic acids is 1. The van der Waals surface area contributed by atoms with Gasteiger partial charge in [-0.2, -0.15) is 0 Å². The van der Waals surface area contributed by atoms with Gasteiger partial charge in [-0.1, -0.05) is 30.3 Å². The van der Waals surface area contributed by atoms with Crippen molar-refractivity contribution in [2.75, 3.05) is 6.54 Å². The Balaban J connectivity index is 1.84. The van der Waals surface area contributed by atoms with Gasteiger partial charge in [0, 0.05) is 10.8 Å². The fraction of sp³-hybridized carbons (Fsp3) is 0.133. The summed E-state index contributed by atoms with van der Waals surface area (Å²) in [4.78, 5) is 11.0. The van der Waals surface area contributed by atoms with E-state index in [0.29, 0.717) is 11.5 Å². The van der Waals surface area contributed by atoms with Crippen LogP contribution in [0.4, 0.5) is 4.79 Å². The second-order valence-corrected chi connectivity index (χ2v) is 4.72. The largest absolute Gasteiger partial charge is 0.456 e. The van der Waals surface area contributed by atoms with Crippen LogP contribution in [-0.2, 0) is 6.42 Å². The van der Waals surface area contributed by atoms with Crippen LogP contribution in [0.3, 0.4) is 0 Å². The average molecular weight is 286 g/mol. The summed E-state index contributed by atoms with van der Waals surface area (Å²) >= 11 is 0. The molecular formula is C15H14N2O4. The molecule has 6 nitrogen and oxygen atoms in total. The molecule has 3 aromatic rings. The fourth-order valence-electron chi connectivity index (χ4n) is 2.32. The predicted octanol–water partition coefficient (Wildman–Crippen LogP) is 2.92. The fourth-order valence-corrected chi connectivity index (χ4v) is 2.32. The number of nitrogens with zero attached hydrogens (tertiary/aromatic N) is 1. The summed E-state index contributed by atoms with van der Waals surface area (Å²) in [6, 6.07) is 12.6. The minimum Gasteiger partial charge on any atom is -0.456 e. The summed E-state index contributed by atoms with van der Waals surface area (Å²) in [5, 5.41) is 20.3. The summed E-state index contributed by atoms with van der Waals surface area (Å²) in [5.41, 5.74) is 3.88. The Labute approximate surface area is 120 Å². The molecule has 0 fully saturated rings. The number of fused-ring (bicyclic) bond motifs is 3. The van der Waals surface area contributed by atoms with Gasteiger partial charge >= 0.3 is 6.03 Å². The highest BCUT2D eigenvalue weighted by molar-refractivity contribution is 6.04. The van der Waals surface area contributed by atoms with E-state index >= 15 is 0 Å². The van der Waals surface area contributed by atoms with Crippen molar-refractivity contribution in [2.24, 2.45) is 0 Å². The van der Waals surface area contributed by atoms with Crippen molar-refractivity contribution in [2.45, 2.75) is 6.42 Å². The quantitative estimate of drug-likeness (QED) is 0.510. The molecule has 108 valence electrons. The Kier molecular flexibility index (Phi) is 3.47. The van der Waals surface area contributed by atoms with Crippen LogP contribution in [0.15, 0.2) is 46.9 Å². The minimum absolute atomic E-state index is 0.0676. The number of carbonyl (C=O) groups is 1. The molecule has 0 saturated heterocycles. The highest BCUT2D eigenvalue weighted by Gasteiger charge is 2.10. The predicted molar refractivity (Wildman–Crippen MR) is 76.2 cm³/mol. The molecule has 0 aliphatic rings. The molecule has 2 aromatic carbocycles. The number of hydroxylamine groups is 3. The first-order valence-electron chi connectivity index (χ1n) is 6.49. The highest BCUT2D eigenvalue weighted by Crippen LogP contribution is 2.29. The van der Waals surface area contributed by atoms with Gasteiger partial charge < -0.3 is 4.42 Å². The lowest BCUT2D eigenvalue weighted by Gasteiger charge is -2.13. The van der Waals surface area contributed by atoms with E-state index in [2.05, 4.69) is 0 Å². The van der Waals surface area contributed by atoms with E-state index in [1.807, 2.05) is 42.5 Å². The topological polar surface area (TPSA) is 85.9 Å². The van der Waals surface area contributed by atoms with Crippen molar-refractivity contribution in [1.29, 1.82) is 0 Å². The monoisotopic (exact) mass is 286 g/mol. The number of nitrogens with one attached hydrogen (secondary N) is 1. The first kappa shape index (κ1) is 13.4. The molecule has 21 heavy (non-hydrogen) atoms. The second kappa shape index (κ2) is 5.43. The third-order valence-electron chi connectivity index (χ3n) is 3.39. The molecule has 0 aliphatic heterocycles. The molecular weight excluding hydrogens is 272 g/mol. The third-order valence-corrected chi connectivity index (χ3v) is 3.39. The molecule has 0 atom stereocenters. The van der Waals surface area contributed by atoms with Crippen molar-refractivity contribution >= 4 is 28.0 Å². The molecule has 2 amide bonds. The smallest absolute Gasteiger partial charge is 0.364 e. The molecule has 3 rings (SSSR count). The third kappa shape index (κ3) is 2.54. The van der Waals surface area contributed by atoms with Crippen molar-refractivity contribution in [1.82, 2.24) is 10.5 Å². The van der Waals surface area contributed by atoms with Crippen LogP contribution in [0.25, 0.3) is 21.9 Å². The van der Waals surface area contributed by atoms with Gasteiger partial charge in [0.15, 0.2) is 0 Å². The van der Waals surface area contributed by atoms with Crippen molar-refractivity contribution in [3.63, 3.8) is 0 Å². The molecule has 0 bridgehead atoms. The summed E-state index contributed by atoms with van der Waals surface area (Å²) in [5.74, 6) is 0. The zero-order valence-electron chi connectivity index (χ0n) is 11.1. The lowest BCUT2D eigenvalue weighted by Crippen LogP contribution is -2.37. The number of para-hydroxylation sites is 1. The van der Waals surface area contributed by atoms with E-state index in [9.17, 15) is 10.0 Å². The van der Waals surface area contributed by atoms with E-state index in [4.69, 9.17) is 9.62 Å². The first-order chi connectivity index (χ1) is 10.2. The van der Waals surface area contributed by atoms with Gasteiger partial charge in [-0.15, -0.1) is 0 Å². The number of rotatable bonds is 3. The summed E-state index contributed by atoms with van der Waals surface area (Å²) < 4.78 is 5.77. The Morgan fingerprint density at radius 3 is 2.71 bits per heavy atom. The van der Waals surface area contributed by atoms with Crippen molar-refractivity contribution in [3.05, 3.63) is 48.0 Å². The highest BCUT2D eigenvalue weighted by atomic mass is 16.5. The second-order valence-electron chi connectivity index (χ2n) is 4.72. The SMILES string of the molecule is O=C(NO)N(O)CCc1ccc2c(c1)oc1ccccc12. The van der Waals surface area contributed by atoms with Gasteiger partial charge in [-0.3, -0.25) is 10.4 Å². The number of benzene rings is 2. The summed E-state index contributed by atoms with van der Waals surface area (Å²) in [6.07, 6.45) is 0.441. The zero-order chi connectivity index (χ0) is 14.8. The normalized spacial score (nSPS) is 11.0. The average Bonchev–Trinajstić information content (AvgIpc) is 2.89. The van der Waals surface area contributed by atoms with Gasteiger partial charge in [-0.25, -0.2) is 15.3 Å². The van der Waals surface area contributed by atoms with E-state index in [1.165, 1.54) is 5.48 Å². The Bertz CT molecular complexity index is 797. The molecule has 6 heteroatoms. The molecule has 0 unspecified atom stereocenters. The van der Waals surface area contributed by atoms with Crippen molar-refractivity contribution < 1.29 is 19.6 Å². The number of urea groups is 1. The lowest BCUT2D eigenvalue weighted by molar-refractivity contribution is -0.0542. The van der Waals surface area contributed by atoms with Crippen LogP contribution in [0.2, 0.25) is 0 Å². The standard InChI is InChI=1S/C15H14N2O4/c18-15(16-19)17(20)8-7-10-5-6-12-11-3-1-2-4-13(11)21-14(12)9-10/h1-6,9,19-20H,7-8H2,(H,16,18). The van der Waals surface area contributed by atoms with E-state index in [1.54, 1.807) is 0 Å². The van der Waals surface area contributed by atoms with E-state index < -0.39 is 6.03 Å². The Hall–Kier alpha value is -2.57. The minimum atomic E-state index is -0.959. The molecule has 0 aliphatic carbocycles. The number of furan rings is 1. The van der Waals surface area contributed by atoms with Gasteiger partial charge in [0.2, 0.25) is 0 Å². The first-order valence-corrected chi connectivity index (χ1v) is 6.49. The molecule has 0 saturated carbocycles. The molecule has 0 radical (unpaired) electrons. The van der Waals surface area contributed by atoms with E-state index in [0.717, 1.165) is 27.5 Å². The zero-order valence-corrected chi connectivity index (χ0v) is 11.1. The number of hydrogen-bond acceptors (Lipinski definition) is 4. The molecule has 1 aromatic heterocycles. The van der Waals surface area contributed by atoms with Crippen LogP contribution in [0, 0.1) is 0 Å². The van der Waals surface area contributed by atoms with Gasteiger partial charge in [-0.05, 0) is 24.1 Å². The van der Waals surface area contributed by atoms with Gasteiger partial charge in [0.25, 0.3) is 0 Å². The number of hydrogen-bond donors (Lipinski definition) is 3. The maximum atomic E-state index is 11.0.